The van der Waals surface area contributed by atoms with E-state index in [-0.39, 0.29) is 11.9 Å². The molecular formula is C15H22N6O. The lowest BCUT2D eigenvalue weighted by Gasteiger charge is -2.22. The van der Waals surface area contributed by atoms with Gasteiger partial charge in [0.25, 0.3) is 0 Å². The van der Waals surface area contributed by atoms with Gasteiger partial charge in [-0.05, 0) is 6.42 Å². The number of rotatable bonds is 6. The average molecular weight is 302 g/mol. The molecule has 0 spiro atoms. The first-order valence-corrected chi connectivity index (χ1v) is 7.83. The molecule has 1 aliphatic heterocycles. The van der Waals surface area contributed by atoms with E-state index >= 15 is 0 Å². The fourth-order valence-electron chi connectivity index (χ4n) is 2.86. The van der Waals surface area contributed by atoms with Crippen molar-refractivity contribution in [2.75, 3.05) is 13.1 Å². The van der Waals surface area contributed by atoms with E-state index in [2.05, 4.69) is 37.1 Å². The lowest BCUT2D eigenvalue weighted by molar-refractivity contribution is -0.123. The van der Waals surface area contributed by atoms with Gasteiger partial charge in [0.2, 0.25) is 5.91 Å². The molecular weight excluding hydrogens is 280 g/mol. The summed E-state index contributed by atoms with van der Waals surface area (Å²) in [7, 11) is 0. The van der Waals surface area contributed by atoms with Crippen molar-refractivity contribution in [2.24, 2.45) is 0 Å². The molecule has 0 radical (unpaired) electrons. The van der Waals surface area contributed by atoms with Crippen LogP contribution in [0.1, 0.15) is 36.6 Å². The summed E-state index contributed by atoms with van der Waals surface area (Å²) in [5.74, 6) is 1.08. The van der Waals surface area contributed by atoms with Crippen LogP contribution in [0.2, 0.25) is 0 Å². The molecule has 0 saturated carbocycles. The number of imidazole rings is 2. The standard InChI is InChI=1S/C15H22N6O/c1-2-12-16-7-9-21(12)8-3-5-18-15(22)14-13-11(4-6-17-14)19-10-20-13/h7,9-10,14,17H,2-6,8H2,1H3,(H,18,22)(H,19,20). The van der Waals surface area contributed by atoms with Crippen LogP contribution in [-0.4, -0.2) is 38.5 Å². The summed E-state index contributed by atoms with van der Waals surface area (Å²) >= 11 is 0. The van der Waals surface area contributed by atoms with E-state index in [9.17, 15) is 4.79 Å². The average Bonchev–Trinajstić information content (AvgIpc) is 3.19. The Balaban J connectivity index is 1.48. The van der Waals surface area contributed by atoms with E-state index < -0.39 is 0 Å². The van der Waals surface area contributed by atoms with Gasteiger partial charge in [0.05, 0.1) is 12.0 Å². The number of carbonyl (C=O) groups excluding carboxylic acids is 1. The van der Waals surface area contributed by atoms with Crippen molar-refractivity contribution in [1.29, 1.82) is 0 Å². The normalized spacial score (nSPS) is 17.2. The van der Waals surface area contributed by atoms with Crippen molar-refractivity contribution in [3.8, 4) is 0 Å². The summed E-state index contributed by atoms with van der Waals surface area (Å²) in [6, 6.07) is -0.338. The molecule has 1 aliphatic rings. The van der Waals surface area contributed by atoms with Crippen molar-refractivity contribution in [3.63, 3.8) is 0 Å². The zero-order valence-corrected chi connectivity index (χ0v) is 12.8. The fourth-order valence-corrected chi connectivity index (χ4v) is 2.86. The van der Waals surface area contributed by atoms with Crippen molar-refractivity contribution < 1.29 is 4.79 Å². The third kappa shape index (κ3) is 3.04. The summed E-state index contributed by atoms with van der Waals surface area (Å²) in [5.41, 5.74) is 1.89. The molecule has 22 heavy (non-hydrogen) atoms. The Hall–Kier alpha value is -2.15. The Bertz CT molecular complexity index is 632. The highest BCUT2D eigenvalue weighted by molar-refractivity contribution is 5.83. The lowest BCUT2D eigenvalue weighted by atomic mass is 10.1. The first-order chi connectivity index (χ1) is 10.8. The van der Waals surface area contributed by atoms with Crippen molar-refractivity contribution in [1.82, 2.24) is 30.2 Å². The van der Waals surface area contributed by atoms with E-state index in [1.54, 1.807) is 6.33 Å². The Labute approximate surface area is 129 Å². The number of hydrogen-bond acceptors (Lipinski definition) is 4. The second-order valence-corrected chi connectivity index (χ2v) is 5.44. The summed E-state index contributed by atoms with van der Waals surface area (Å²) in [6.07, 6.45) is 8.16. The number of hydrogen-bond donors (Lipinski definition) is 3. The maximum absolute atomic E-state index is 12.3. The molecule has 0 aromatic carbocycles. The number of H-pyrrole nitrogens is 1. The minimum atomic E-state index is -0.338. The maximum Gasteiger partial charge on any atom is 0.243 e. The minimum Gasteiger partial charge on any atom is -0.354 e. The van der Waals surface area contributed by atoms with Gasteiger partial charge in [-0.3, -0.25) is 4.79 Å². The van der Waals surface area contributed by atoms with Gasteiger partial charge in [-0.25, -0.2) is 9.97 Å². The van der Waals surface area contributed by atoms with Gasteiger partial charge in [0, 0.05) is 50.6 Å². The number of amides is 1. The molecule has 3 N–H and O–H groups in total. The van der Waals surface area contributed by atoms with Crippen LogP contribution in [-0.2, 0) is 24.2 Å². The molecule has 0 aliphatic carbocycles. The summed E-state index contributed by atoms with van der Waals surface area (Å²) in [6.45, 7) is 4.41. The van der Waals surface area contributed by atoms with Crippen molar-refractivity contribution in [3.05, 3.63) is 35.9 Å². The van der Waals surface area contributed by atoms with E-state index in [1.807, 2.05) is 12.4 Å². The number of nitrogens with one attached hydrogen (secondary N) is 3. The Morgan fingerprint density at radius 3 is 3.27 bits per heavy atom. The molecule has 0 bridgehead atoms. The van der Waals surface area contributed by atoms with Gasteiger partial charge in [-0.2, -0.15) is 0 Å². The molecule has 0 saturated heterocycles. The third-order valence-corrected chi connectivity index (χ3v) is 4.00. The van der Waals surface area contributed by atoms with E-state index in [0.717, 1.165) is 49.6 Å². The van der Waals surface area contributed by atoms with Gasteiger partial charge in [-0.1, -0.05) is 6.92 Å². The van der Waals surface area contributed by atoms with E-state index in [1.165, 1.54) is 0 Å². The molecule has 7 heteroatoms. The smallest absolute Gasteiger partial charge is 0.243 e. The second kappa shape index (κ2) is 6.74. The zero-order valence-electron chi connectivity index (χ0n) is 12.8. The molecule has 3 heterocycles. The van der Waals surface area contributed by atoms with Crippen LogP contribution in [0.25, 0.3) is 0 Å². The summed E-state index contributed by atoms with van der Waals surface area (Å²) in [4.78, 5) is 24.0. The molecule has 2 aromatic heterocycles. The number of aromatic nitrogens is 4. The van der Waals surface area contributed by atoms with Gasteiger partial charge >= 0.3 is 0 Å². The predicted molar refractivity (Wildman–Crippen MR) is 82.3 cm³/mol. The molecule has 3 rings (SSSR count). The quantitative estimate of drug-likeness (QED) is 0.681. The maximum atomic E-state index is 12.3. The first-order valence-electron chi connectivity index (χ1n) is 7.83. The molecule has 1 atom stereocenters. The van der Waals surface area contributed by atoms with Crippen LogP contribution in [0.5, 0.6) is 0 Å². The number of aryl methyl sites for hydroxylation is 2. The molecule has 0 fully saturated rings. The highest BCUT2D eigenvalue weighted by Crippen LogP contribution is 2.18. The summed E-state index contributed by atoms with van der Waals surface area (Å²) in [5, 5.41) is 6.22. The largest absolute Gasteiger partial charge is 0.354 e. The van der Waals surface area contributed by atoms with Gasteiger partial charge in [-0.15, -0.1) is 0 Å². The number of aromatic amines is 1. The molecule has 7 nitrogen and oxygen atoms in total. The molecule has 1 unspecified atom stereocenters. The van der Waals surface area contributed by atoms with Crippen LogP contribution in [0.15, 0.2) is 18.7 Å². The molecule has 118 valence electrons. The van der Waals surface area contributed by atoms with Crippen molar-refractivity contribution >= 4 is 5.91 Å². The molecule has 1 amide bonds. The number of nitrogens with zero attached hydrogens (tertiary/aromatic N) is 3. The highest BCUT2D eigenvalue weighted by atomic mass is 16.2. The minimum absolute atomic E-state index is 0.00519. The monoisotopic (exact) mass is 302 g/mol. The number of fused-ring (bicyclic) bond motifs is 1. The van der Waals surface area contributed by atoms with Gasteiger partial charge in [0.1, 0.15) is 11.9 Å². The Morgan fingerprint density at radius 1 is 1.50 bits per heavy atom. The number of carbonyl (C=O) groups is 1. The second-order valence-electron chi connectivity index (χ2n) is 5.44. The fraction of sp³-hybridized carbons (Fsp3) is 0.533. The van der Waals surface area contributed by atoms with Crippen LogP contribution in [0.4, 0.5) is 0 Å². The SMILES string of the molecule is CCc1nccn1CCCNC(=O)C1NCCc2[nH]cnc21. The first kappa shape index (κ1) is 14.8. The summed E-state index contributed by atoms with van der Waals surface area (Å²) < 4.78 is 2.14. The van der Waals surface area contributed by atoms with Crippen LogP contribution in [0, 0.1) is 0 Å². The Morgan fingerprint density at radius 2 is 2.41 bits per heavy atom. The molecule has 2 aromatic rings. The van der Waals surface area contributed by atoms with Gasteiger partial charge in [0.15, 0.2) is 0 Å². The van der Waals surface area contributed by atoms with E-state index in [4.69, 9.17) is 0 Å². The van der Waals surface area contributed by atoms with Crippen molar-refractivity contribution in [2.45, 2.75) is 38.8 Å². The van der Waals surface area contributed by atoms with E-state index in [0.29, 0.717) is 6.54 Å². The van der Waals surface area contributed by atoms with Gasteiger partial charge < -0.3 is 20.2 Å². The zero-order chi connectivity index (χ0) is 15.4. The third-order valence-electron chi connectivity index (χ3n) is 4.00. The lowest BCUT2D eigenvalue weighted by Crippen LogP contribution is -2.42. The van der Waals surface area contributed by atoms with Crippen LogP contribution >= 0.6 is 0 Å². The van der Waals surface area contributed by atoms with Crippen LogP contribution < -0.4 is 10.6 Å². The highest BCUT2D eigenvalue weighted by Gasteiger charge is 2.27. The van der Waals surface area contributed by atoms with Crippen LogP contribution in [0.3, 0.4) is 0 Å². The predicted octanol–water partition coefficient (Wildman–Crippen LogP) is 0.562. The topological polar surface area (TPSA) is 87.6 Å². The Kier molecular flexibility index (Phi) is 4.53.